The summed E-state index contributed by atoms with van der Waals surface area (Å²) < 4.78 is 7.07. The summed E-state index contributed by atoms with van der Waals surface area (Å²) in [6.07, 6.45) is 4.94. The van der Waals surface area contributed by atoms with Crippen LogP contribution in [0.5, 0.6) is 0 Å². The molecule has 2 aromatic rings. The fourth-order valence-corrected chi connectivity index (χ4v) is 4.33. The van der Waals surface area contributed by atoms with Crippen LogP contribution in [0.2, 0.25) is 0 Å². The zero-order valence-corrected chi connectivity index (χ0v) is 17.8. The van der Waals surface area contributed by atoms with Gasteiger partial charge in [0.05, 0.1) is 18.8 Å². The largest absolute Gasteiger partial charge is 0.378 e. The molecular formula is C23H30N4O4. The van der Waals surface area contributed by atoms with E-state index in [0.29, 0.717) is 43.8 Å². The van der Waals surface area contributed by atoms with Crippen LogP contribution in [0.15, 0.2) is 30.5 Å². The van der Waals surface area contributed by atoms with Crippen molar-refractivity contribution in [2.24, 2.45) is 0 Å². The summed E-state index contributed by atoms with van der Waals surface area (Å²) in [7, 11) is 0. The van der Waals surface area contributed by atoms with Gasteiger partial charge < -0.3 is 24.4 Å². The molecule has 3 heterocycles. The lowest BCUT2D eigenvalue weighted by Gasteiger charge is -2.27. The van der Waals surface area contributed by atoms with Crippen molar-refractivity contribution in [1.82, 2.24) is 19.7 Å². The van der Waals surface area contributed by atoms with Crippen LogP contribution in [-0.4, -0.2) is 84.4 Å². The van der Waals surface area contributed by atoms with Crippen LogP contribution >= 0.6 is 0 Å². The van der Waals surface area contributed by atoms with E-state index in [2.05, 4.69) is 10.2 Å². The minimum Gasteiger partial charge on any atom is -0.378 e. The maximum atomic E-state index is 12.9. The maximum Gasteiger partial charge on any atom is 0.292 e. The van der Waals surface area contributed by atoms with Gasteiger partial charge in [-0.1, -0.05) is 18.2 Å². The highest BCUT2D eigenvalue weighted by Gasteiger charge is 2.23. The molecule has 0 aliphatic carbocycles. The van der Waals surface area contributed by atoms with E-state index in [1.165, 1.54) is 12.8 Å². The number of aromatic nitrogens is 1. The van der Waals surface area contributed by atoms with E-state index < -0.39 is 11.7 Å². The van der Waals surface area contributed by atoms with Gasteiger partial charge in [-0.3, -0.25) is 14.4 Å². The van der Waals surface area contributed by atoms with Crippen molar-refractivity contribution in [3.8, 4) is 0 Å². The Hall–Kier alpha value is -2.71. The van der Waals surface area contributed by atoms with E-state index in [4.69, 9.17) is 4.74 Å². The number of fused-ring (bicyclic) bond motifs is 1. The number of nitrogens with one attached hydrogen (secondary N) is 1. The summed E-state index contributed by atoms with van der Waals surface area (Å²) >= 11 is 0. The van der Waals surface area contributed by atoms with Gasteiger partial charge in [0.1, 0.15) is 6.54 Å². The van der Waals surface area contributed by atoms with Gasteiger partial charge in [-0.05, 0) is 45.0 Å². The number of hydrogen-bond donors (Lipinski definition) is 1. The number of carbonyl (C=O) groups is 3. The number of likely N-dealkylation sites (tertiary alicyclic amines) is 1. The molecule has 4 rings (SSSR count). The van der Waals surface area contributed by atoms with Gasteiger partial charge in [-0.25, -0.2) is 0 Å². The van der Waals surface area contributed by atoms with E-state index in [-0.39, 0.29) is 12.5 Å². The number of amides is 2. The predicted octanol–water partition coefficient (Wildman–Crippen LogP) is 1.28. The summed E-state index contributed by atoms with van der Waals surface area (Å²) in [5.74, 6) is -1.17. The van der Waals surface area contributed by atoms with Crippen LogP contribution in [0.25, 0.3) is 10.9 Å². The van der Waals surface area contributed by atoms with Crippen LogP contribution in [0.1, 0.15) is 29.6 Å². The Morgan fingerprint density at radius 3 is 2.52 bits per heavy atom. The number of carbonyl (C=O) groups excluding carboxylic acids is 3. The van der Waals surface area contributed by atoms with E-state index in [1.807, 2.05) is 24.3 Å². The average Bonchev–Trinajstić information content (AvgIpc) is 3.45. The van der Waals surface area contributed by atoms with E-state index in [9.17, 15) is 14.4 Å². The number of Topliss-reactive ketones (excluding diaryl/α,β-unsaturated/α-hetero) is 1. The van der Waals surface area contributed by atoms with Crippen molar-refractivity contribution < 1.29 is 19.1 Å². The first-order chi connectivity index (χ1) is 15.1. The zero-order valence-electron chi connectivity index (χ0n) is 17.8. The molecule has 2 aliphatic heterocycles. The molecule has 2 aliphatic rings. The molecule has 2 fully saturated rings. The molecule has 0 atom stereocenters. The van der Waals surface area contributed by atoms with Crippen LogP contribution < -0.4 is 5.32 Å². The fraction of sp³-hybridized carbons (Fsp3) is 0.522. The number of morpholine rings is 1. The number of nitrogens with zero attached hydrogens (tertiary/aromatic N) is 3. The molecule has 2 amide bonds. The van der Waals surface area contributed by atoms with Crippen LogP contribution in [-0.2, 0) is 20.9 Å². The molecule has 1 aromatic carbocycles. The second kappa shape index (κ2) is 10.1. The monoisotopic (exact) mass is 426 g/mol. The normalized spacial score (nSPS) is 17.2. The highest BCUT2D eigenvalue weighted by atomic mass is 16.5. The van der Waals surface area contributed by atoms with Crippen LogP contribution in [0.3, 0.4) is 0 Å². The van der Waals surface area contributed by atoms with Crippen molar-refractivity contribution in [3.63, 3.8) is 0 Å². The van der Waals surface area contributed by atoms with Crippen molar-refractivity contribution in [2.75, 3.05) is 52.5 Å². The van der Waals surface area contributed by atoms with Gasteiger partial charge in [-0.2, -0.15) is 0 Å². The second-order valence-electron chi connectivity index (χ2n) is 8.17. The standard InChI is InChI=1S/C23H30N4O4/c28-21(26-12-14-31-15-13-26)17-27-16-19(18-6-1-2-7-20(18)27)22(29)23(30)24-8-5-11-25-9-3-4-10-25/h1-2,6-7,16H,3-5,8-15,17H2,(H,24,30). The van der Waals surface area contributed by atoms with E-state index in [0.717, 1.165) is 31.6 Å². The number of hydrogen-bond acceptors (Lipinski definition) is 5. The minimum absolute atomic E-state index is 0.0191. The number of para-hydroxylation sites is 1. The SMILES string of the molecule is O=C(NCCCN1CCCC1)C(=O)c1cn(CC(=O)N2CCOCC2)c2ccccc12. The van der Waals surface area contributed by atoms with Crippen LogP contribution in [0, 0.1) is 0 Å². The molecule has 8 nitrogen and oxygen atoms in total. The summed E-state index contributed by atoms with van der Waals surface area (Å²) in [6.45, 7) is 6.02. The van der Waals surface area contributed by atoms with Gasteiger partial charge >= 0.3 is 0 Å². The zero-order chi connectivity index (χ0) is 21.6. The highest BCUT2D eigenvalue weighted by molar-refractivity contribution is 6.45. The van der Waals surface area contributed by atoms with Crippen molar-refractivity contribution in [1.29, 1.82) is 0 Å². The number of benzene rings is 1. The van der Waals surface area contributed by atoms with Crippen molar-refractivity contribution in [3.05, 3.63) is 36.0 Å². The molecule has 0 unspecified atom stereocenters. The first kappa shape index (κ1) is 21.5. The summed E-state index contributed by atoms with van der Waals surface area (Å²) in [5.41, 5.74) is 1.11. The Morgan fingerprint density at radius 2 is 1.74 bits per heavy atom. The lowest BCUT2D eigenvalue weighted by molar-refractivity contribution is -0.135. The Kier molecular flexibility index (Phi) is 6.99. The van der Waals surface area contributed by atoms with Gasteiger partial charge in [0, 0.05) is 36.7 Å². The smallest absolute Gasteiger partial charge is 0.292 e. The fourth-order valence-electron chi connectivity index (χ4n) is 4.33. The number of rotatable bonds is 8. The number of ether oxygens (including phenoxy) is 1. The van der Waals surface area contributed by atoms with Gasteiger partial charge in [-0.15, -0.1) is 0 Å². The Balaban J connectivity index is 1.41. The summed E-state index contributed by atoms with van der Waals surface area (Å²) in [5, 5.41) is 3.45. The molecule has 2 saturated heterocycles. The molecular weight excluding hydrogens is 396 g/mol. The van der Waals surface area contributed by atoms with Crippen molar-refractivity contribution >= 4 is 28.5 Å². The first-order valence-corrected chi connectivity index (χ1v) is 11.1. The molecule has 0 saturated carbocycles. The molecule has 8 heteroatoms. The summed E-state index contributed by atoms with van der Waals surface area (Å²) in [4.78, 5) is 42.2. The predicted molar refractivity (Wildman–Crippen MR) is 117 cm³/mol. The average molecular weight is 427 g/mol. The van der Waals surface area contributed by atoms with Gasteiger partial charge in [0.2, 0.25) is 5.91 Å². The van der Waals surface area contributed by atoms with Gasteiger partial charge in [0.15, 0.2) is 0 Å². The molecule has 1 aromatic heterocycles. The van der Waals surface area contributed by atoms with Gasteiger partial charge in [0.25, 0.3) is 11.7 Å². The Bertz CT molecular complexity index is 942. The van der Waals surface area contributed by atoms with E-state index >= 15 is 0 Å². The lowest BCUT2D eigenvalue weighted by atomic mass is 10.1. The Morgan fingerprint density at radius 1 is 1.00 bits per heavy atom. The molecule has 1 N–H and O–H groups in total. The maximum absolute atomic E-state index is 12.9. The van der Waals surface area contributed by atoms with Crippen molar-refractivity contribution in [2.45, 2.75) is 25.8 Å². The molecule has 0 spiro atoms. The lowest BCUT2D eigenvalue weighted by Crippen LogP contribution is -2.42. The minimum atomic E-state index is -0.594. The third-order valence-electron chi connectivity index (χ3n) is 6.04. The Labute approximate surface area is 182 Å². The summed E-state index contributed by atoms with van der Waals surface area (Å²) in [6, 6.07) is 7.39. The molecule has 31 heavy (non-hydrogen) atoms. The quantitative estimate of drug-likeness (QED) is 0.391. The second-order valence-corrected chi connectivity index (χ2v) is 8.17. The molecule has 166 valence electrons. The van der Waals surface area contributed by atoms with E-state index in [1.54, 1.807) is 15.7 Å². The third kappa shape index (κ3) is 5.14. The highest BCUT2D eigenvalue weighted by Crippen LogP contribution is 2.22. The first-order valence-electron chi connectivity index (χ1n) is 11.1. The number of ketones is 1. The third-order valence-corrected chi connectivity index (χ3v) is 6.04. The topological polar surface area (TPSA) is 83.9 Å². The molecule has 0 bridgehead atoms. The van der Waals surface area contributed by atoms with Crippen LogP contribution in [0.4, 0.5) is 0 Å². The molecule has 0 radical (unpaired) electrons.